The Balaban J connectivity index is 1.96. The summed E-state index contributed by atoms with van der Waals surface area (Å²) in [6.45, 7) is 0.562. The number of aromatic nitrogens is 2. The Morgan fingerprint density at radius 2 is 1.85 bits per heavy atom. The van der Waals surface area contributed by atoms with Crippen LogP contribution >= 0.6 is 0 Å². The minimum absolute atomic E-state index is 0.275. The summed E-state index contributed by atoms with van der Waals surface area (Å²) in [6.07, 6.45) is 0. The molecule has 0 spiro atoms. The Kier molecular flexibility index (Phi) is 2.87. The fraction of sp³-hybridized carbons (Fsp3) is 0.0667. The molecule has 0 unspecified atom stereocenters. The Labute approximate surface area is 115 Å². The minimum atomic E-state index is -0.927. The van der Waals surface area contributed by atoms with E-state index in [0.29, 0.717) is 12.5 Å². The number of aromatic carboxylic acids is 1. The molecule has 3 aromatic rings. The smallest absolute Gasteiger partial charge is 0.335 e. The van der Waals surface area contributed by atoms with Gasteiger partial charge in [0.1, 0.15) is 0 Å². The van der Waals surface area contributed by atoms with Crippen molar-refractivity contribution in [1.29, 1.82) is 0 Å². The number of rotatable bonds is 3. The van der Waals surface area contributed by atoms with E-state index >= 15 is 0 Å². The quantitative estimate of drug-likeness (QED) is 0.763. The average Bonchev–Trinajstić information content (AvgIpc) is 2.76. The molecule has 0 atom stereocenters. The summed E-state index contributed by atoms with van der Waals surface area (Å²) in [6, 6.07) is 14.5. The lowest BCUT2D eigenvalue weighted by Gasteiger charge is -2.07. The summed E-state index contributed by atoms with van der Waals surface area (Å²) in [5, 5.41) is 8.88. The first-order valence-electron chi connectivity index (χ1n) is 6.18. The molecule has 0 fully saturated rings. The van der Waals surface area contributed by atoms with Gasteiger partial charge in [0.2, 0.25) is 5.95 Å². The predicted octanol–water partition coefficient (Wildman–Crippen LogP) is 2.37. The van der Waals surface area contributed by atoms with Gasteiger partial charge in [0.15, 0.2) is 0 Å². The van der Waals surface area contributed by atoms with Gasteiger partial charge in [-0.05, 0) is 29.8 Å². The highest BCUT2D eigenvalue weighted by molar-refractivity contribution is 5.87. The number of fused-ring (bicyclic) bond motifs is 1. The van der Waals surface area contributed by atoms with Gasteiger partial charge in [-0.3, -0.25) is 0 Å². The van der Waals surface area contributed by atoms with Crippen molar-refractivity contribution in [2.45, 2.75) is 6.54 Å². The SMILES string of the molecule is Nc1nc2ccccc2n1Cc1ccc(C(=O)O)cc1. The van der Waals surface area contributed by atoms with E-state index < -0.39 is 5.97 Å². The van der Waals surface area contributed by atoms with Crippen molar-refractivity contribution in [2.24, 2.45) is 0 Å². The number of imidazole rings is 1. The van der Waals surface area contributed by atoms with Gasteiger partial charge in [-0.2, -0.15) is 0 Å². The standard InChI is InChI=1S/C15H13N3O2/c16-15-17-12-3-1-2-4-13(12)18(15)9-10-5-7-11(8-6-10)14(19)20/h1-8H,9H2,(H2,16,17)(H,19,20). The summed E-state index contributed by atoms with van der Waals surface area (Å²) in [5.41, 5.74) is 9.01. The van der Waals surface area contributed by atoms with Crippen LogP contribution < -0.4 is 5.73 Å². The van der Waals surface area contributed by atoms with Crippen molar-refractivity contribution < 1.29 is 9.90 Å². The van der Waals surface area contributed by atoms with Crippen molar-refractivity contribution in [3.63, 3.8) is 0 Å². The lowest BCUT2D eigenvalue weighted by molar-refractivity contribution is 0.0697. The monoisotopic (exact) mass is 267 g/mol. The molecule has 0 amide bonds. The van der Waals surface area contributed by atoms with E-state index in [2.05, 4.69) is 4.98 Å². The van der Waals surface area contributed by atoms with Gasteiger partial charge in [0.05, 0.1) is 23.1 Å². The van der Waals surface area contributed by atoms with E-state index in [1.54, 1.807) is 24.3 Å². The highest BCUT2D eigenvalue weighted by Gasteiger charge is 2.08. The fourth-order valence-electron chi connectivity index (χ4n) is 2.20. The summed E-state index contributed by atoms with van der Waals surface area (Å²) in [5.74, 6) is -0.474. The maximum atomic E-state index is 10.8. The largest absolute Gasteiger partial charge is 0.478 e. The molecule has 100 valence electrons. The van der Waals surface area contributed by atoms with Crippen molar-refractivity contribution in [3.8, 4) is 0 Å². The molecule has 5 heteroatoms. The molecular weight excluding hydrogens is 254 g/mol. The zero-order valence-corrected chi connectivity index (χ0v) is 10.7. The zero-order valence-electron chi connectivity index (χ0n) is 10.7. The Morgan fingerprint density at radius 1 is 1.15 bits per heavy atom. The van der Waals surface area contributed by atoms with E-state index in [4.69, 9.17) is 10.8 Å². The summed E-state index contributed by atoms with van der Waals surface area (Å²) in [7, 11) is 0. The Hall–Kier alpha value is -2.82. The molecule has 20 heavy (non-hydrogen) atoms. The van der Waals surface area contributed by atoms with Crippen LogP contribution in [-0.2, 0) is 6.54 Å². The van der Waals surface area contributed by atoms with E-state index in [0.717, 1.165) is 16.6 Å². The second-order valence-electron chi connectivity index (χ2n) is 4.55. The van der Waals surface area contributed by atoms with Crippen molar-refractivity contribution in [3.05, 3.63) is 59.7 Å². The van der Waals surface area contributed by atoms with Crippen LogP contribution in [0.15, 0.2) is 48.5 Å². The van der Waals surface area contributed by atoms with Crippen LogP contribution in [0.4, 0.5) is 5.95 Å². The van der Waals surface area contributed by atoms with Gasteiger partial charge in [-0.25, -0.2) is 9.78 Å². The van der Waals surface area contributed by atoms with Crippen molar-refractivity contribution >= 4 is 23.0 Å². The summed E-state index contributed by atoms with van der Waals surface area (Å²) in [4.78, 5) is 15.1. The number of para-hydroxylation sites is 2. The molecule has 0 aliphatic heterocycles. The number of nitrogens with two attached hydrogens (primary N) is 1. The van der Waals surface area contributed by atoms with E-state index in [1.165, 1.54) is 0 Å². The van der Waals surface area contributed by atoms with Gasteiger partial charge < -0.3 is 15.4 Å². The Bertz CT molecular complexity index is 775. The lowest BCUT2D eigenvalue weighted by Crippen LogP contribution is -2.05. The van der Waals surface area contributed by atoms with Crippen LogP contribution in [0.1, 0.15) is 15.9 Å². The van der Waals surface area contributed by atoms with E-state index in [9.17, 15) is 4.79 Å². The predicted molar refractivity (Wildman–Crippen MR) is 76.6 cm³/mol. The van der Waals surface area contributed by atoms with Crippen LogP contribution in [0, 0.1) is 0 Å². The summed E-state index contributed by atoms with van der Waals surface area (Å²) >= 11 is 0. The molecule has 0 aliphatic carbocycles. The van der Waals surface area contributed by atoms with Crippen LogP contribution in [0.25, 0.3) is 11.0 Å². The van der Waals surface area contributed by atoms with Crippen LogP contribution in [0.2, 0.25) is 0 Å². The maximum Gasteiger partial charge on any atom is 0.335 e. The third kappa shape index (κ3) is 2.09. The third-order valence-electron chi connectivity index (χ3n) is 3.23. The molecule has 5 nitrogen and oxygen atoms in total. The molecule has 3 rings (SSSR count). The molecule has 1 aromatic heterocycles. The van der Waals surface area contributed by atoms with Gasteiger partial charge in [-0.15, -0.1) is 0 Å². The number of nitrogens with zero attached hydrogens (tertiary/aromatic N) is 2. The molecule has 1 heterocycles. The normalized spacial score (nSPS) is 10.8. The zero-order chi connectivity index (χ0) is 14.1. The summed E-state index contributed by atoms with van der Waals surface area (Å²) < 4.78 is 1.91. The lowest BCUT2D eigenvalue weighted by atomic mass is 10.1. The molecule has 0 radical (unpaired) electrons. The molecule has 3 N–H and O–H groups in total. The minimum Gasteiger partial charge on any atom is -0.478 e. The number of anilines is 1. The molecule has 0 saturated carbocycles. The first kappa shape index (κ1) is 12.2. The number of benzene rings is 2. The molecule has 2 aromatic carbocycles. The average molecular weight is 267 g/mol. The molecular formula is C15H13N3O2. The number of hydrogen-bond acceptors (Lipinski definition) is 3. The van der Waals surface area contributed by atoms with Gasteiger partial charge in [0.25, 0.3) is 0 Å². The van der Waals surface area contributed by atoms with Crippen LogP contribution in [-0.4, -0.2) is 20.6 Å². The number of carbonyl (C=O) groups is 1. The maximum absolute atomic E-state index is 10.8. The first-order valence-corrected chi connectivity index (χ1v) is 6.18. The first-order chi connectivity index (χ1) is 9.65. The van der Waals surface area contributed by atoms with Crippen molar-refractivity contribution in [1.82, 2.24) is 9.55 Å². The van der Waals surface area contributed by atoms with E-state index in [-0.39, 0.29) is 5.56 Å². The van der Waals surface area contributed by atoms with Crippen LogP contribution in [0.3, 0.4) is 0 Å². The van der Waals surface area contributed by atoms with Gasteiger partial charge in [-0.1, -0.05) is 24.3 Å². The molecule has 0 bridgehead atoms. The van der Waals surface area contributed by atoms with E-state index in [1.807, 2.05) is 28.8 Å². The highest BCUT2D eigenvalue weighted by atomic mass is 16.4. The van der Waals surface area contributed by atoms with Crippen molar-refractivity contribution in [2.75, 3.05) is 5.73 Å². The number of hydrogen-bond donors (Lipinski definition) is 2. The third-order valence-corrected chi connectivity index (χ3v) is 3.23. The topological polar surface area (TPSA) is 81.1 Å². The highest BCUT2D eigenvalue weighted by Crippen LogP contribution is 2.19. The van der Waals surface area contributed by atoms with Gasteiger partial charge >= 0.3 is 5.97 Å². The van der Waals surface area contributed by atoms with Gasteiger partial charge in [0, 0.05) is 0 Å². The number of nitrogen functional groups attached to an aromatic ring is 1. The number of carboxylic acid groups (broad SMARTS) is 1. The Morgan fingerprint density at radius 3 is 2.55 bits per heavy atom. The second kappa shape index (κ2) is 4.70. The number of carboxylic acids is 1. The fourth-order valence-corrected chi connectivity index (χ4v) is 2.20. The molecule has 0 aliphatic rings. The second-order valence-corrected chi connectivity index (χ2v) is 4.55. The van der Waals surface area contributed by atoms with Crippen LogP contribution in [0.5, 0.6) is 0 Å². The molecule has 0 saturated heterocycles.